The quantitative estimate of drug-likeness (QED) is 0.731. The molecule has 7 nitrogen and oxygen atoms in total. The fourth-order valence-corrected chi connectivity index (χ4v) is 3.33. The van der Waals surface area contributed by atoms with Crippen molar-refractivity contribution in [1.29, 1.82) is 0 Å². The molecule has 1 aromatic carbocycles. The van der Waals surface area contributed by atoms with Gasteiger partial charge < -0.3 is 15.2 Å². The van der Waals surface area contributed by atoms with Gasteiger partial charge in [-0.25, -0.2) is 13.3 Å². The van der Waals surface area contributed by atoms with Gasteiger partial charge in [0, 0.05) is 43.2 Å². The van der Waals surface area contributed by atoms with Gasteiger partial charge in [0.2, 0.25) is 0 Å². The molecule has 2 aromatic heterocycles. The molecule has 0 radical (unpaired) electrons. The minimum absolute atomic E-state index is 0.137. The highest BCUT2D eigenvalue weighted by Gasteiger charge is 2.27. The Morgan fingerprint density at radius 1 is 1.33 bits per heavy atom. The molecule has 3 heterocycles. The van der Waals surface area contributed by atoms with Crippen molar-refractivity contribution in [3.05, 3.63) is 63.8 Å². The second kappa shape index (κ2) is 6.49. The van der Waals surface area contributed by atoms with Crippen LogP contribution < -0.4 is 15.8 Å². The molecule has 140 valence electrons. The summed E-state index contributed by atoms with van der Waals surface area (Å²) < 4.78 is 28.4. The number of nitrogens with zero attached hydrogens (tertiary/aromatic N) is 3. The van der Waals surface area contributed by atoms with E-state index in [1.165, 1.54) is 22.7 Å². The van der Waals surface area contributed by atoms with Gasteiger partial charge in [-0.3, -0.25) is 9.59 Å². The van der Waals surface area contributed by atoms with Crippen LogP contribution in [-0.4, -0.2) is 39.6 Å². The number of rotatable bonds is 3. The van der Waals surface area contributed by atoms with E-state index in [2.05, 4.69) is 15.4 Å². The molecule has 0 bridgehead atoms. The topological polar surface area (TPSA) is 82.5 Å². The Balaban J connectivity index is 1.48. The van der Waals surface area contributed by atoms with Crippen LogP contribution in [0.1, 0.15) is 22.6 Å². The smallest absolute Gasteiger partial charge is 0.274 e. The van der Waals surface area contributed by atoms with Gasteiger partial charge >= 0.3 is 0 Å². The zero-order chi connectivity index (χ0) is 19.1. The summed E-state index contributed by atoms with van der Waals surface area (Å²) in [6.07, 6.45) is 2.25. The Hall–Kier alpha value is -3.23. The molecule has 1 atom stereocenters. The van der Waals surface area contributed by atoms with Crippen LogP contribution >= 0.6 is 0 Å². The first kappa shape index (κ1) is 17.2. The molecule has 3 aromatic rings. The maximum atomic E-state index is 13.9. The van der Waals surface area contributed by atoms with Gasteiger partial charge in [-0.1, -0.05) is 0 Å². The highest BCUT2D eigenvalue weighted by Crippen LogP contribution is 2.24. The number of hydrogen-bond donors (Lipinski definition) is 2. The Morgan fingerprint density at radius 3 is 2.93 bits per heavy atom. The summed E-state index contributed by atoms with van der Waals surface area (Å²) in [5, 5.41) is 7.00. The molecule has 0 spiro atoms. The molecule has 2 N–H and O–H groups in total. The van der Waals surface area contributed by atoms with E-state index in [-0.39, 0.29) is 22.8 Å². The predicted molar refractivity (Wildman–Crippen MR) is 95.0 cm³/mol. The average Bonchev–Trinajstić information content (AvgIpc) is 3.22. The Morgan fingerprint density at radius 2 is 2.15 bits per heavy atom. The molecule has 0 saturated carbocycles. The predicted octanol–water partition coefficient (Wildman–Crippen LogP) is 1.62. The highest BCUT2D eigenvalue weighted by atomic mass is 19.1. The van der Waals surface area contributed by atoms with Crippen LogP contribution in [-0.2, 0) is 0 Å². The normalized spacial score (nSPS) is 16.9. The molecule has 27 heavy (non-hydrogen) atoms. The van der Waals surface area contributed by atoms with Crippen LogP contribution in [0.5, 0.6) is 0 Å². The third-order valence-corrected chi connectivity index (χ3v) is 4.60. The summed E-state index contributed by atoms with van der Waals surface area (Å²) in [6.45, 7) is 2.67. The summed E-state index contributed by atoms with van der Waals surface area (Å²) in [5.74, 6) is -1.66. The molecule has 1 unspecified atom stereocenters. The summed E-state index contributed by atoms with van der Waals surface area (Å²) >= 11 is 0. The van der Waals surface area contributed by atoms with Crippen LogP contribution in [0.3, 0.4) is 0 Å². The molecular weight excluding hydrogens is 356 g/mol. The fourth-order valence-electron chi connectivity index (χ4n) is 3.33. The number of nitrogens with one attached hydrogen (secondary N) is 2. The van der Waals surface area contributed by atoms with Crippen LogP contribution in [0.2, 0.25) is 0 Å². The average molecular weight is 373 g/mol. The molecule has 0 aliphatic carbocycles. The number of hydrogen-bond acceptors (Lipinski definition) is 4. The summed E-state index contributed by atoms with van der Waals surface area (Å²) in [7, 11) is 0. The lowest BCUT2D eigenvalue weighted by Crippen LogP contribution is -2.37. The van der Waals surface area contributed by atoms with Crippen LogP contribution in [0.4, 0.5) is 14.5 Å². The van der Waals surface area contributed by atoms with Gasteiger partial charge in [0.05, 0.1) is 5.69 Å². The van der Waals surface area contributed by atoms with E-state index in [1.807, 2.05) is 0 Å². The van der Waals surface area contributed by atoms with Crippen molar-refractivity contribution >= 4 is 17.1 Å². The monoisotopic (exact) mass is 373 g/mol. The number of amides is 1. The Labute approximate surface area is 152 Å². The Bertz CT molecular complexity index is 1090. The van der Waals surface area contributed by atoms with Crippen molar-refractivity contribution in [2.24, 2.45) is 0 Å². The largest absolute Gasteiger partial charge is 0.367 e. The van der Waals surface area contributed by atoms with Crippen molar-refractivity contribution < 1.29 is 13.6 Å². The van der Waals surface area contributed by atoms with Gasteiger partial charge in [0.25, 0.3) is 11.5 Å². The van der Waals surface area contributed by atoms with Gasteiger partial charge in [-0.2, -0.15) is 5.10 Å². The maximum Gasteiger partial charge on any atom is 0.274 e. The molecule has 4 rings (SSSR count). The van der Waals surface area contributed by atoms with Crippen molar-refractivity contribution in [2.75, 3.05) is 18.0 Å². The lowest BCUT2D eigenvalue weighted by Gasteiger charge is -2.19. The van der Waals surface area contributed by atoms with E-state index in [0.717, 1.165) is 6.07 Å². The van der Waals surface area contributed by atoms with Gasteiger partial charge in [-0.05, 0) is 25.5 Å². The van der Waals surface area contributed by atoms with E-state index < -0.39 is 17.5 Å². The van der Waals surface area contributed by atoms with E-state index >= 15 is 0 Å². The molecule has 1 amide bonds. The number of H-pyrrole nitrogens is 1. The minimum atomic E-state index is -0.628. The van der Waals surface area contributed by atoms with Crippen LogP contribution in [0.15, 0.2) is 35.3 Å². The number of aromatic amines is 1. The minimum Gasteiger partial charge on any atom is -0.367 e. The number of fused-ring (bicyclic) bond motifs is 1. The molecule has 1 fully saturated rings. The second-order valence-corrected chi connectivity index (χ2v) is 6.63. The number of aromatic nitrogens is 3. The Kier molecular flexibility index (Phi) is 4.14. The maximum absolute atomic E-state index is 13.9. The van der Waals surface area contributed by atoms with Gasteiger partial charge in [0.1, 0.15) is 17.2 Å². The summed E-state index contributed by atoms with van der Waals surface area (Å²) in [4.78, 5) is 28.8. The van der Waals surface area contributed by atoms with E-state index in [9.17, 15) is 18.4 Å². The third-order valence-electron chi connectivity index (χ3n) is 4.60. The van der Waals surface area contributed by atoms with Crippen molar-refractivity contribution in [3.63, 3.8) is 0 Å². The van der Waals surface area contributed by atoms with Crippen molar-refractivity contribution in [2.45, 2.75) is 19.4 Å². The lowest BCUT2D eigenvalue weighted by molar-refractivity contribution is 0.0935. The molecule has 1 saturated heterocycles. The first-order valence-corrected chi connectivity index (χ1v) is 8.51. The number of halogens is 2. The van der Waals surface area contributed by atoms with E-state index in [4.69, 9.17) is 0 Å². The van der Waals surface area contributed by atoms with Gasteiger partial charge in [0.15, 0.2) is 5.69 Å². The first-order valence-electron chi connectivity index (χ1n) is 8.51. The van der Waals surface area contributed by atoms with Gasteiger partial charge in [-0.15, -0.1) is 0 Å². The number of anilines is 1. The number of benzene rings is 1. The third kappa shape index (κ3) is 3.27. The molecular formula is C18H17F2N5O2. The molecule has 1 aliphatic heterocycles. The second-order valence-electron chi connectivity index (χ2n) is 6.63. The number of carbonyl (C=O) groups is 1. The summed E-state index contributed by atoms with van der Waals surface area (Å²) in [5.41, 5.74) is 1.04. The first-order chi connectivity index (χ1) is 12.9. The lowest BCUT2D eigenvalue weighted by atomic mass is 10.2. The van der Waals surface area contributed by atoms with Crippen molar-refractivity contribution in [3.8, 4) is 0 Å². The fraction of sp³-hybridized carbons (Fsp3) is 0.278. The summed E-state index contributed by atoms with van der Waals surface area (Å²) in [6, 6.07) is 4.68. The standard InChI is InChI=1S/C18H17F2N5O2/c1-10-8-25-16(18(27)21-10)7-14(23-25)17(26)22-12-4-5-24(9-12)15-3-2-11(19)6-13(15)20/h2-3,6-8,12H,4-5,9H2,1H3,(H,21,27)(H,22,26). The zero-order valence-electron chi connectivity index (χ0n) is 14.5. The van der Waals surface area contributed by atoms with E-state index in [0.29, 0.717) is 30.9 Å². The number of aryl methyl sites for hydroxylation is 1. The molecule has 9 heteroatoms. The number of carbonyl (C=O) groups excluding carboxylic acids is 1. The zero-order valence-corrected chi connectivity index (χ0v) is 14.5. The molecule has 1 aliphatic rings. The van der Waals surface area contributed by atoms with E-state index in [1.54, 1.807) is 18.0 Å². The van der Waals surface area contributed by atoms with Crippen molar-refractivity contribution in [1.82, 2.24) is 19.9 Å². The van der Waals surface area contributed by atoms with Crippen LogP contribution in [0, 0.1) is 18.6 Å². The highest BCUT2D eigenvalue weighted by molar-refractivity contribution is 5.93. The van der Waals surface area contributed by atoms with Crippen LogP contribution in [0.25, 0.3) is 5.52 Å². The SMILES string of the molecule is Cc1cn2nc(C(=O)NC3CCN(c4ccc(F)cc4F)C3)cc2c(=O)[nH]1.